The third-order valence-corrected chi connectivity index (χ3v) is 3.91. The number of nitrogens with zero attached hydrogens (tertiary/aromatic N) is 2. The summed E-state index contributed by atoms with van der Waals surface area (Å²) in [5.41, 5.74) is 0. The molecule has 0 radical (unpaired) electrons. The molecule has 0 fully saturated rings. The number of carbonyl (C=O) groups excluding carboxylic acids is 1. The Balaban J connectivity index is 1.68. The molecule has 0 bridgehead atoms. The summed E-state index contributed by atoms with van der Waals surface area (Å²) in [7, 11) is 0. The van der Waals surface area contributed by atoms with E-state index < -0.39 is 6.10 Å². The van der Waals surface area contributed by atoms with E-state index in [4.69, 9.17) is 4.74 Å². The Labute approximate surface area is 130 Å². The van der Waals surface area contributed by atoms with Gasteiger partial charge in [-0.15, -0.1) is 0 Å². The molecule has 0 aliphatic carbocycles. The Morgan fingerprint density at radius 2 is 2.18 bits per heavy atom. The van der Waals surface area contributed by atoms with Crippen LogP contribution in [-0.4, -0.2) is 21.6 Å². The number of hydrogen-bond donors (Lipinski definition) is 1. The van der Waals surface area contributed by atoms with Crippen LogP contribution in [0, 0.1) is 0 Å². The number of aromatic nitrogens is 2. The number of hydrogen-bond acceptors (Lipinski definition) is 3. The lowest BCUT2D eigenvalue weighted by molar-refractivity contribution is -0.122. The van der Waals surface area contributed by atoms with Crippen molar-refractivity contribution < 1.29 is 9.53 Å². The normalized spacial score (nSPS) is 15.0. The van der Waals surface area contributed by atoms with E-state index in [1.165, 1.54) is 6.42 Å². The molecule has 1 aliphatic heterocycles. The zero-order valence-electron chi connectivity index (χ0n) is 12.8. The number of aryl methyl sites for hydroxylation is 1. The molecule has 1 aromatic carbocycles. The number of carbonyl (C=O) groups is 1. The van der Waals surface area contributed by atoms with E-state index in [0.29, 0.717) is 12.2 Å². The van der Waals surface area contributed by atoms with Gasteiger partial charge in [0.05, 0.1) is 6.20 Å². The molecule has 2 aromatic rings. The predicted molar refractivity (Wildman–Crippen MR) is 84.9 cm³/mol. The summed E-state index contributed by atoms with van der Waals surface area (Å²) in [5, 5.41) is 2.96. The zero-order chi connectivity index (χ0) is 15.4. The van der Waals surface area contributed by atoms with E-state index in [9.17, 15) is 4.79 Å². The van der Waals surface area contributed by atoms with Crippen LogP contribution in [0.25, 0.3) is 0 Å². The largest absolute Gasteiger partial charge is 0.481 e. The Kier molecular flexibility index (Phi) is 4.42. The lowest BCUT2D eigenvalue weighted by Crippen LogP contribution is -2.33. The Hall–Kier alpha value is -2.30. The Bertz CT molecular complexity index is 637. The van der Waals surface area contributed by atoms with Gasteiger partial charge in [0.15, 0.2) is 6.10 Å². The van der Waals surface area contributed by atoms with Crippen molar-refractivity contribution in [1.29, 1.82) is 0 Å². The van der Waals surface area contributed by atoms with Gasteiger partial charge in [0, 0.05) is 13.0 Å². The maximum atomic E-state index is 12.5. The van der Waals surface area contributed by atoms with Gasteiger partial charge in [-0.3, -0.25) is 4.79 Å². The Morgan fingerprint density at radius 3 is 2.95 bits per heavy atom. The number of amides is 1. The first-order chi connectivity index (χ1) is 10.8. The number of benzene rings is 1. The summed E-state index contributed by atoms with van der Waals surface area (Å²) >= 11 is 0. The molecule has 1 aromatic heterocycles. The van der Waals surface area contributed by atoms with E-state index in [-0.39, 0.29) is 5.91 Å². The van der Waals surface area contributed by atoms with Crippen molar-refractivity contribution in [2.75, 3.05) is 5.32 Å². The topological polar surface area (TPSA) is 56.1 Å². The minimum atomic E-state index is -0.503. The minimum Gasteiger partial charge on any atom is -0.481 e. The summed E-state index contributed by atoms with van der Waals surface area (Å²) in [4.78, 5) is 16.8. The lowest BCUT2D eigenvalue weighted by atomic mass is 10.2. The van der Waals surface area contributed by atoms with Gasteiger partial charge in [0.25, 0.3) is 5.91 Å². The van der Waals surface area contributed by atoms with Gasteiger partial charge in [0.2, 0.25) is 0 Å². The monoisotopic (exact) mass is 299 g/mol. The molecule has 1 amide bonds. The highest BCUT2D eigenvalue weighted by molar-refractivity contribution is 5.93. The molecule has 5 nitrogen and oxygen atoms in total. The molecule has 1 N–H and O–H groups in total. The second-order valence-corrected chi connectivity index (χ2v) is 5.49. The number of ether oxygens (including phenoxy) is 1. The SMILES string of the molecule is CCC(Oc1ccccc1)C(=O)Nc1cnc2n1CCCC2. The number of fused-ring (bicyclic) bond motifs is 1. The van der Waals surface area contributed by atoms with Crippen LogP contribution in [0.2, 0.25) is 0 Å². The minimum absolute atomic E-state index is 0.125. The molecular formula is C17H21N3O2. The predicted octanol–water partition coefficient (Wildman–Crippen LogP) is 3.02. The lowest BCUT2D eigenvalue weighted by Gasteiger charge is -2.19. The van der Waals surface area contributed by atoms with Crippen molar-refractivity contribution in [3.63, 3.8) is 0 Å². The summed E-state index contributed by atoms with van der Waals surface area (Å²) in [6.07, 6.45) is 5.13. The van der Waals surface area contributed by atoms with E-state index in [1.54, 1.807) is 6.20 Å². The number of imidazole rings is 1. The molecule has 1 atom stereocenters. The molecule has 2 heterocycles. The van der Waals surface area contributed by atoms with Gasteiger partial charge in [-0.2, -0.15) is 0 Å². The third kappa shape index (κ3) is 3.13. The first-order valence-corrected chi connectivity index (χ1v) is 7.85. The molecule has 116 valence electrons. The average Bonchev–Trinajstić information content (AvgIpc) is 2.97. The van der Waals surface area contributed by atoms with Crippen LogP contribution in [0.15, 0.2) is 36.5 Å². The van der Waals surface area contributed by atoms with Crippen LogP contribution in [-0.2, 0) is 17.8 Å². The highest BCUT2D eigenvalue weighted by atomic mass is 16.5. The first kappa shape index (κ1) is 14.6. The molecule has 22 heavy (non-hydrogen) atoms. The van der Waals surface area contributed by atoms with Crippen molar-refractivity contribution >= 4 is 11.7 Å². The summed E-state index contributed by atoms with van der Waals surface area (Å²) in [6.45, 7) is 2.86. The summed E-state index contributed by atoms with van der Waals surface area (Å²) < 4.78 is 7.87. The van der Waals surface area contributed by atoms with Crippen LogP contribution >= 0.6 is 0 Å². The fourth-order valence-electron chi connectivity index (χ4n) is 2.71. The average molecular weight is 299 g/mol. The van der Waals surface area contributed by atoms with Gasteiger partial charge in [-0.1, -0.05) is 25.1 Å². The maximum Gasteiger partial charge on any atom is 0.266 e. The zero-order valence-corrected chi connectivity index (χ0v) is 12.8. The van der Waals surface area contributed by atoms with Crippen molar-refractivity contribution in [3.8, 4) is 5.75 Å². The smallest absolute Gasteiger partial charge is 0.266 e. The van der Waals surface area contributed by atoms with Gasteiger partial charge < -0.3 is 14.6 Å². The van der Waals surface area contributed by atoms with Crippen LogP contribution in [0.4, 0.5) is 5.82 Å². The van der Waals surface area contributed by atoms with Gasteiger partial charge >= 0.3 is 0 Å². The van der Waals surface area contributed by atoms with Crippen molar-refractivity contribution in [2.45, 2.75) is 45.3 Å². The van der Waals surface area contributed by atoms with Crippen molar-refractivity contribution in [3.05, 3.63) is 42.4 Å². The fourth-order valence-corrected chi connectivity index (χ4v) is 2.71. The van der Waals surface area contributed by atoms with E-state index in [2.05, 4.69) is 14.9 Å². The molecular weight excluding hydrogens is 278 g/mol. The molecule has 0 saturated heterocycles. The number of nitrogens with one attached hydrogen (secondary N) is 1. The third-order valence-electron chi connectivity index (χ3n) is 3.91. The second kappa shape index (κ2) is 6.64. The standard InChI is InChI=1S/C17H21N3O2/c1-2-14(22-13-8-4-3-5-9-13)17(21)19-16-12-18-15-10-6-7-11-20(15)16/h3-5,8-9,12,14H,2,6-7,10-11H2,1H3,(H,19,21). The van der Waals surface area contributed by atoms with E-state index >= 15 is 0 Å². The van der Waals surface area contributed by atoms with Gasteiger partial charge in [-0.25, -0.2) is 4.98 Å². The highest BCUT2D eigenvalue weighted by Crippen LogP contribution is 2.20. The van der Waals surface area contributed by atoms with Gasteiger partial charge in [0.1, 0.15) is 17.4 Å². The van der Waals surface area contributed by atoms with Crippen molar-refractivity contribution in [2.24, 2.45) is 0 Å². The van der Waals surface area contributed by atoms with Gasteiger partial charge in [-0.05, 0) is 31.4 Å². The van der Waals surface area contributed by atoms with Crippen LogP contribution in [0.3, 0.4) is 0 Å². The second-order valence-electron chi connectivity index (χ2n) is 5.49. The van der Waals surface area contributed by atoms with Crippen LogP contribution < -0.4 is 10.1 Å². The summed E-state index contributed by atoms with van der Waals surface area (Å²) in [5.74, 6) is 2.41. The van der Waals surface area contributed by atoms with E-state index in [1.807, 2.05) is 37.3 Å². The first-order valence-electron chi connectivity index (χ1n) is 7.85. The number of para-hydroxylation sites is 1. The van der Waals surface area contributed by atoms with Crippen molar-refractivity contribution in [1.82, 2.24) is 9.55 Å². The molecule has 0 spiro atoms. The number of anilines is 1. The summed E-state index contributed by atoms with van der Waals surface area (Å²) in [6, 6.07) is 9.43. The fraction of sp³-hybridized carbons (Fsp3) is 0.412. The highest BCUT2D eigenvalue weighted by Gasteiger charge is 2.21. The maximum absolute atomic E-state index is 12.5. The van der Waals surface area contributed by atoms with E-state index in [0.717, 1.165) is 31.0 Å². The molecule has 5 heteroatoms. The Morgan fingerprint density at radius 1 is 1.36 bits per heavy atom. The van der Waals surface area contributed by atoms with Crippen LogP contribution in [0.5, 0.6) is 5.75 Å². The molecule has 1 unspecified atom stereocenters. The quantitative estimate of drug-likeness (QED) is 0.923. The number of rotatable bonds is 5. The van der Waals surface area contributed by atoms with Crippen LogP contribution in [0.1, 0.15) is 32.0 Å². The molecule has 1 aliphatic rings. The molecule has 0 saturated carbocycles. The molecule has 3 rings (SSSR count).